The summed E-state index contributed by atoms with van der Waals surface area (Å²) in [7, 11) is 1.79. The molecule has 28 heavy (non-hydrogen) atoms. The molecule has 1 aliphatic carbocycles. The Morgan fingerprint density at radius 2 is 2.04 bits per heavy atom. The van der Waals surface area contributed by atoms with Crippen LogP contribution in [0, 0.1) is 11.3 Å². The van der Waals surface area contributed by atoms with Gasteiger partial charge in [-0.05, 0) is 38.0 Å². The Morgan fingerprint density at radius 1 is 1.21 bits per heavy atom. The molecule has 7 nitrogen and oxygen atoms in total. The van der Waals surface area contributed by atoms with Crippen LogP contribution in [0.5, 0.6) is 0 Å². The van der Waals surface area contributed by atoms with E-state index >= 15 is 0 Å². The van der Waals surface area contributed by atoms with E-state index in [1.807, 2.05) is 0 Å². The van der Waals surface area contributed by atoms with Crippen molar-refractivity contribution in [1.82, 2.24) is 15.5 Å². The van der Waals surface area contributed by atoms with Crippen LogP contribution < -0.4 is 10.6 Å². The highest BCUT2D eigenvalue weighted by atomic mass is 16.5. The van der Waals surface area contributed by atoms with Gasteiger partial charge in [-0.25, -0.2) is 0 Å². The SMILES string of the molecule is CCNC(=NCC1(CCOC)CCC1)NCC(C1CCOC1)N1CCOCC1. The molecule has 3 rings (SSSR count). The van der Waals surface area contributed by atoms with Crippen LogP contribution in [-0.2, 0) is 14.2 Å². The predicted octanol–water partition coefficient (Wildman–Crippen LogP) is 1.49. The monoisotopic (exact) mass is 396 g/mol. The second-order valence-electron chi connectivity index (χ2n) is 8.51. The molecule has 0 radical (unpaired) electrons. The van der Waals surface area contributed by atoms with Gasteiger partial charge in [-0.3, -0.25) is 9.89 Å². The van der Waals surface area contributed by atoms with Gasteiger partial charge in [0.25, 0.3) is 0 Å². The van der Waals surface area contributed by atoms with Crippen molar-refractivity contribution < 1.29 is 14.2 Å². The van der Waals surface area contributed by atoms with E-state index in [0.717, 1.165) is 84.6 Å². The summed E-state index contributed by atoms with van der Waals surface area (Å²) in [4.78, 5) is 7.54. The van der Waals surface area contributed by atoms with Gasteiger partial charge in [0, 0.05) is 65.0 Å². The zero-order chi connectivity index (χ0) is 19.7. The Labute approximate surface area is 170 Å². The molecule has 2 aliphatic heterocycles. The molecule has 0 aromatic carbocycles. The molecule has 2 atom stereocenters. The summed E-state index contributed by atoms with van der Waals surface area (Å²) in [5, 5.41) is 7.08. The third-order valence-electron chi connectivity index (χ3n) is 6.67. The fraction of sp³-hybridized carbons (Fsp3) is 0.952. The van der Waals surface area contributed by atoms with Gasteiger partial charge in [-0.2, -0.15) is 0 Å². The van der Waals surface area contributed by atoms with Crippen molar-refractivity contribution in [1.29, 1.82) is 0 Å². The first kappa shape index (κ1) is 21.8. The molecule has 0 aromatic rings. The van der Waals surface area contributed by atoms with Gasteiger partial charge in [0.2, 0.25) is 0 Å². The lowest BCUT2D eigenvalue weighted by Crippen LogP contribution is -2.53. The van der Waals surface area contributed by atoms with E-state index in [1.54, 1.807) is 7.11 Å². The predicted molar refractivity (Wildman–Crippen MR) is 112 cm³/mol. The standard InChI is InChI=1S/C21H40N4O3/c1-3-22-20(24-17-21(6-4-7-21)8-12-26-2)23-15-19(18-5-11-28-16-18)25-9-13-27-14-10-25/h18-19H,3-17H2,1-2H3,(H2,22,23,24). The fourth-order valence-corrected chi connectivity index (χ4v) is 4.63. The molecular formula is C21H40N4O3. The third kappa shape index (κ3) is 6.05. The number of nitrogens with zero attached hydrogens (tertiary/aromatic N) is 2. The number of nitrogens with one attached hydrogen (secondary N) is 2. The van der Waals surface area contributed by atoms with Gasteiger partial charge in [0.05, 0.1) is 19.8 Å². The molecule has 7 heteroatoms. The van der Waals surface area contributed by atoms with E-state index in [1.165, 1.54) is 19.3 Å². The van der Waals surface area contributed by atoms with Crippen molar-refractivity contribution in [3.05, 3.63) is 0 Å². The number of morpholine rings is 1. The molecule has 3 fully saturated rings. The van der Waals surface area contributed by atoms with Gasteiger partial charge < -0.3 is 24.8 Å². The highest BCUT2D eigenvalue weighted by Crippen LogP contribution is 2.44. The van der Waals surface area contributed by atoms with Crippen molar-refractivity contribution in [2.24, 2.45) is 16.3 Å². The first-order valence-corrected chi connectivity index (χ1v) is 11.2. The number of hydrogen-bond acceptors (Lipinski definition) is 5. The molecule has 2 heterocycles. The summed E-state index contributed by atoms with van der Waals surface area (Å²) in [6.45, 7) is 11.1. The minimum absolute atomic E-state index is 0.348. The fourth-order valence-electron chi connectivity index (χ4n) is 4.63. The summed E-state index contributed by atoms with van der Waals surface area (Å²) in [5.41, 5.74) is 0.348. The normalized spacial score (nSPS) is 26.6. The van der Waals surface area contributed by atoms with Crippen molar-refractivity contribution in [3.63, 3.8) is 0 Å². The van der Waals surface area contributed by atoms with E-state index in [-0.39, 0.29) is 0 Å². The van der Waals surface area contributed by atoms with Crippen molar-refractivity contribution in [3.8, 4) is 0 Å². The van der Waals surface area contributed by atoms with Crippen LogP contribution >= 0.6 is 0 Å². The third-order valence-corrected chi connectivity index (χ3v) is 6.67. The summed E-state index contributed by atoms with van der Waals surface area (Å²) >= 11 is 0. The van der Waals surface area contributed by atoms with Crippen molar-refractivity contribution in [2.75, 3.05) is 72.9 Å². The first-order chi connectivity index (χ1) is 13.8. The summed E-state index contributed by atoms with van der Waals surface area (Å²) in [6.07, 6.45) is 6.13. The molecule has 1 saturated carbocycles. The highest BCUT2D eigenvalue weighted by molar-refractivity contribution is 5.79. The largest absolute Gasteiger partial charge is 0.385 e. The number of methoxy groups -OCH3 is 1. The number of aliphatic imine (C=N–C) groups is 1. The van der Waals surface area contributed by atoms with Gasteiger partial charge in [-0.1, -0.05) is 6.42 Å². The maximum absolute atomic E-state index is 5.69. The van der Waals surface area contributed by atoms with Crippen LogP contribution in [0.2, 0.25) is 0 Å². The van der Waals surface area contributed by atoms with Crippen LogP contribution in [-0.4, -0.2) is 89.8 Å². The minimum Gasteiger partial charge on any atom is -0.385 e. The molecule has 2 saturated heterocycles. The molecule has 0 aromatic heterocycles. The van der Waals surface area contributed by atoms with Crippen LogP contribution in [0.1, 0.15) is 39.0 Å². The smallest absolute Gasteiger partial charge is 0.191 e. The zero-order valence-electron chi connectivity index (χ0n) is 17.9. The Hall–Kier alpha value is -0.890. The van der Waals surface area contributed by atoms with E-state index < -0.39 is 0 Å². The number of rotatable bonds is 10. The van der Waals surface area contributed by atoms with Gasteiger partial charge in [0.1, 0.15) is 0 Å². The average Bonchev–Trinajstić information content (AvgIpc) is 3.22. The summed E-state index contributed by atoms with van der Waals surface area (Å²) in [6, 6.07) is 0.474. The van der Waals surface area contributed by atoms with Crippen LogP contribution in [0.25, 0.3) is 0 Å². The molecule has 0 spiro atoms. The van der Waals surface area contributed by atoms with Crippen molar-refractivity contribution >= 4 is 5.96 Å². The maximum atomic E-state index is 5.69. The average molecular weight is 397 g/mol. The van der Waals surface area contributed by atoms with Gasteiger partial charge in [0.15, 0.2) is 5.96 Å². The van der Waals surface area contributed by atoms with Gasteiger partial charge >= 0.3 is 0 Å². The number of guanidine groups is 1. The molecule has 162 valence electrons. The summed E-state index contributed by atoms with van der Waals surface area (Å²) < 4.78 is 16.6. The highest BCUT2D eigenvalue weighted by Gasteiger charge is 2.36. The topological polar surface area (TPSA) is 67.4 Å². The second-order valence-corrected chi connectivity index (χ2v) is 8.51. The molecule has 2 unspecified atom stereocenters. The second kappa shape index (κ2) is 11.3. The van der Waals surface area contributed by atoms with E-state index in [4.69, 9.17) is 19.2 Å². The summed E-state index contributed by atoms with van der Waals surface area (Å²) in [5.74, 6) is 1.54. The maximum Gasteiger partial charge on any atom is 0.191 e. The van der Waals surface area contributed by atoms with Crippen LogP contribution in [0.15, 0.2) is 4.99 Å². The van der Waals surface area contributed by atoms with E-state index in [0.29, 0.717) is 17.4 Å². The Balaban J connectivity index is 1.57. The Bertz CT molecular complexity index is 472. The van der Waals surface area contributed by atoms with E-state index in [2.05, 4.69) is 22.5 Å². The lowest BCUT2D eigenvalue weighted by Gasteiger charge is -2.41. The van der Waals surface area contributed by atoms with Gasteiger partial charge in [-0.15, -0.1) is 0 Å². The molecule has 0 bridgehead atoms. The first-order valence-electron chi connectivity index (χ1n) is 11.2. The minimum atomic E-state index is 0.348. The number of ether oxygens (including phenoxy) is 3. The van der Waals surface area contributed by atoms with Crippen molar-refractivity contribution in [2.45, 2.75) is 45.1 Å². The number of hydrogen-bond donors (Lipinski definition) is 2. The Kier molecular flexibility index (Phi) is 8.83. The van der Waals surface area contributed by atoms with Crippen LogP contribution in [0.4, 0.5) is 0 Å². The quantitative estimate of drug-likeness (QED) is 0.431. The lowest BCUT2D eigenvalue weighted by atomic mass is 9.67. The van der Waals surface area contributed by atoms with E-state index in [9.17, 15) is 0 Å². The molecule has 3 aliphatic rings. The lowest BCUT2D eigenvalue weighted by molar-refractivity contribution is 0.00245. The van der Waals surface area contributed by atoms with Crippen LogP contribution in [0.3, 0.4) is 0 Å². The zero-order valence-corrected chi connectivity index (χ0v) is 17.9. The molecular weight excluding hydrogens is 356 g/mol. The Morgan fingerprint density at radius 3 is 2.64 bits per heavy atom. The molecule has 2 N–H and O–H groups in total. The molecule has 0 amide bonds.